The number of fused-ring (bicyclic) bond motifs is 2. The fourth-order valence-corrected chi connectivity index (χ4v) is 4.04. The SMILES string of the molecule is Cc1ccc2nc(NC(=O)CCn3cnc4c3c(=O)n(C)c(=O)n4C)sc2c1. The molecule has 0 unspecified atom stereocenters. The van der Waals surface area contributed by atoms with Gasteiger partial charge in [0.25, 0.3) is 5.56 Å². The summed E-state index contributed by atoms with van der Waals surface area (Å²) in [7, 11) is 2.98. The van der Waals surface area contributed by atoms with Gasteiger partial charge in [0.15, 0.2) is 16.3 Å². The molecule has 0 aliphatic carbocycles. The van der Waals surface area contributed by atoms with Crippen molar-refractivity contribution < 1.29 is 4.79 Å². The van der Waals surface area contributed by atoms with E-state index >= 15 is 0 Å². The lowest BCUT2D eigenvalue weighted by Crippen LogP contribution is -2.37. The molecule has 4 rings (SSSR count). The molecule has 28 heavy (non-hydrogen) atoms. The summed E-state index contributed by atoms with van der Waals surface area (Å²) in [6.45, 7) is 2.27. The molecule has 0 aliphatic rings. The van der Waals surface area contributed by atoms with E-state index in [1.165, 1.54) is 29.3 Å². The van der Waals surface area contributed by atoms with Crippen molar-refractivity contribution in [2.75, 3.05) is 5.32 Å². The summed E-state index contributed by atoms with van der Waals surface area (Å²) in [5.41, 5.74) is 1.71. The molecule has 0 fully saturated rings. The van der Waals surface area contributed by atoms with E-state index in [1.54, 1.807) is 11.6 Å². The number of rotatable bonds is 4. The molecule has 0 spiro atoms. The van der Waals surface area contributed by atoms with Gasteiger partial charge in [-0.05, 0) is 24.6 Å². The van der Waals surface area contributed by atoms with Gasteiger partial charge in [-0.25, -0.2) is 14.8 Å². The third-order valence-corrected chi connectivity index (χ3v) is 5.52. The number of carbonyl (C=O) groups excluding carboxylic acids is 1. The van der Waals surface area contributed by atoms with Gasteiger partial charge >= 0.3 is 5.69 Å². The number of anilines is 1. The second kappa shape index (κ2) is 6.71. The van der Waals surface area contributed by atoms with Crippen molar-refractivity contribution in [1.82, 2.24) is 23.7 Å². The number of aryl methyl sites for hydroxylation is 3. The fraction of sp³-hybridized carbons (Fsp3) is 0.278. The molecule has 0 bridgehead atoms. The molecule has 10 heteroatoms. The molecule has 3 heterocycles. The van der Waals surface area contributed by atoms with Crippen LogP contribution in [0.2, 0.25) is 0 Å². The van der Waals surface area contributed by atoms with Crippen LogP contribution in [0.25, 0.3) is 21.4 Å². The van der Waals surface area contributed by atoms with E-state index in [9.17, 15) is 14.4 Å². The van der Waals surface area contributed by atoms with Crippen LogP contribution in [0.5, 0.6) is 0 Å². The Morgan fingerprint density at radius 3 is 2.79 bits per heavy atom. The molecule has 0 atom stereocenters. The number of benzene rings is 1. The van der Waals surface area contributed by atoms with E-state index in [0.717, 1.165) is 20.3 Å². The van der Waals surface area contributed by atoms with Crippen LogP contribution in [-0.4, -0.2) is 29.6 Å². The largest absolute Gasteiger partial charge is 0.332 e. The number of thiazole rings is 1. The molecular formula is C18H18N6O3S. The van der Waals surface area contributed by atoms with E-state index < -0.39 is 11.2 Å². The van der Waals surface area contributed by atoms with Gasteiger partial charge in [-0.2, -0.15) is 0 Å². The van der Waals surface area contributed by atoms with Crippen molar-refractivity contribution in [2.45, 2.75) is 19.9 Å². The Labute approximate surface area is 162 Å². The zero-order valence-electron chi connectivity index (χ0n) is 15.6. The first kappa shape index (κ1) is 18.1. The molecule has 1 N–H and O–H groups in total. The predicted molar refractivity (Wildman–Crippen MR) is 108 cm³/mol. The third-order valence-electron chi connectivity index (χ3n) is 4.59. The summed E-state index contributed by atoms with van der Waals surface area (Å²) < 4.78 is 4.96. The van der Waals surface area contributed by atoms with Crippen molar-refractivity contribution in [2.24, 2.45) is 14.1 Å². The van der Waals surface area contributed by atoms with Crippen molar-refractivity contribution in [1.29, 1.82) is 0 Å². The molecule has 0 saturated heterocycles. The molecule has 0 radical (unpaired) electrons. The summed E-state index contributed by atoms with van der Waals surface area (Å²) in [5.74, 6) is -0.209. The Balaban J connectivity index is 1.53. The van der Waals surface area contributed by atoms with E-state index in [-0.39, 0.29) is 18.9 Å². The van der Waals surface area contributed by atoms with Crippen molar-refractivity contribution in [3.8, 4) is 0 Å². The molecular weight excluding hydrogens is 380 g/mol. The maximum Gasteiger partial charge on any atom is 0.332 e. The minimum absolute atomic E-state index is 0.145. The van der Waals surface area contributed by atoms with Gasteiger partial charge in [0.05, 0.1) is 16.5 Å². The van der Waals surface area contributed by atoms with Crippen molar-refractivity contribution in [3.05, 3.63) is 50.9 Å². The van der Waals surface area contributed by atoms with Gasteiger partial charge in [-0.3, -0.25) is 18.7 Å². The molecule has 0 saturated carbocycles. The summed E-state index contributed by atoms with van der Waals surface area (Å²) in [5, 5.41) is 3.35. The Morgan fingerprint density at radius 1 is 1.21 bits per heavy atom. The summed E-state index contributed by atoms with van der Waals surface area (Å²) in [6.07, 6.45) is 1.62. The minimum Gasteiger partial charge on any atom is -0.324 e. The average Bonchev–Trinajstić information content (AvgIpc) is 3.26. The Bertz CT molecular complexity index is 1340. The second-order valence-corrected chi connectivity index (χ2v) is 7.63. The van der Waals surface area contributed by atoms with Gasteiger partial charge in [-0.15, -0.1) is 0 Å². The molecule has 1 amide bonds. The number of nitrogens with zero attached hydrogens (tertiary/aromatic N) is 5. The molecule has 4 aromatic rings. The maximum absolute atomic E-state index is 12.4. The number of amides is 1. The van der Waals surface area contributed by atoms with Gasteiger partial charge in [0.2, 0.25) is 5.91 Å². The molecule has 144 valence electrons. The van der Waals surface area contributed by atoms with Crippen LogP contribution < -0.4 is 16.6 Å². The highest BCUT2D eigenvalue weighted by Crippen LogP contribution is 2.26. The fourth-order valence-electron chi connectivity index (χ4n) is 3.06. The van der Waals surface area contributed by atoms with E-state index in [0.29, 0.717) is 16.3 Å². The second-order valence-electron chi connectivity index (χ2n) is 6.60. The van der Waals surface area contributed by atoms with Gasteiger partial charge in [0, 0.05) is 27.1 Å². The van der Waals surface area contributed by atoms with Crippen LogP contribution in [0, 0.1) is 6.92 Å². The number of hydrogen-bond donors (Lipinski definition) is 1. The van der Waals surface area contributed by atoms with Crippen LogP contribution in [0.15, 0.2) is 34.1 Å². The smallest absolute Gasteiger partial charge is 0.324 e. The quantitative estimate of drug-likeness (QED) is 0.559. The van der Waals surface area contributed by atoms with Crippen molar-refractivity contribution >= 4 is 43.8 Å². The average molecular weight is 398 g/mol. The van der Waals surface area contributed by atoms with Crippen molar-refractivity contribution in [3.63, 3.8) is 0 Å². The van der Waals surface area contributed by atoms with Gasteiger partial charge in [-0.1, -0.05) is 17.4 Å². The van der Waals surface area contributed by atoms with Crippen LogP contribution >= 0.6 is 11.3 Å². The Kier molecular flexibility index (Phi) is 4.34. The lowest BCUT2D eigenvalue weighted by atomic mass is 10.2. The Hall–Kier alpha value is -3.27. The first-order chi connectivity index (χ1) is 13.3. The zero-order valence-corrected chi connectivity index (χ0v) is 16.4. The summed E-state index contributed by atoms with van der Waals surface area (Å²) >= 11 is 1.42. The molecule has 1 aromatic carbocycles. The van der Waals surface area contributed by atoms with E-state index in [4.69, 9.17) is 0 Å². The normalized spacial score (nSPS) is 11.4. The monoisotopic (exact) mass is 398 g/mol. The van der Waals surface area contributed by atoms with Gasteiger partial charge < -0.3 is 9.88 Å². The van der Waals surface area contributed by atoms with Crippen LogP contribution in [0.1, 0.15) is 12.0 Å². The van der Waals surface area contributed by atoms with Gasteiger partial charge in [0.1, 0.15) is 0 Å². The molecule has 0 aliphatic heterocycles. The first-order valence-electron chi connectivity index (χ1n) is 8.63. The number of carbonyl (C=O) groups is 1. The highest BCUT2D eigenvalue weighted by molar-refractivity contribution is 7.22. The highest BCUT2D eigenvalue weighted by Gasteiger charge is 2.15. The van der Waals surface area contributed by atoms with E-state index in [2.05, 4.69) is 15.3 Å². The topological polar surface area (TPSA) is 104 Å². The molecule has 3 aromatic heterocycles. The summed E-state index contributed by atoms with van der Waals surface area (Å²) in [4.78, 5) is 45.3. The third kappa shape index (κ3) is 3.01. The molecule has 9 nitrogen and oxygen atoms in total. The standard InChI is InChI=1S/C18H18N6O3S/c1-10-4-5-11-12(8-10)28-17(20-11)21-13(25)6-7-24-9-19-15-14(24)16(26)23(3)18(27)22(15)2/h4-5,8-9H,6-7H2,1-3H3,(H,20,21,25). The number of hydrogen-bond acceptors (Lipinski definition) is 6. The number of imidazole rings is 1. The summed E-state index contributed by atoms with van der Waals surface area (Å²) in [6, 6.07) is 5.93. The number of aromatic nitrogens is 5. The van der Waals surface area contributed by atoms with Crippen LogP contribution in [0.4, 0.5) is 5.13 Å². The number of nitrogens with one attached hydrogen (secondary N) is 1. The highest BCUT2D eigenvalue weighted by atomic mass is 32.1. The minimum atomic E-state index is -0.438. The lowest BCUT2D eigenvalue weighted by molar-refractivity contribution is -0.116. The lowest BCUT2D eigenvalue weighted by Gasteiger charge is -2.06. The maximum atomic E-state index is 12.4. The zero-order chi connectivity index (χ0) is 20.0. The predicted octanol–water partition coefficient (Wildman–Crippen LogP) is 1.38. The van der Waals surface area contributed by atoms with Crippen LogP contribution in [-0.2, 0) is 25.4 Å². The van der Waals surface area contributed by atoms with Crippen LogP contribution in [0.3, 0.4) is 0 Å². The first-order valence-corrected chi connectivity index (χ1v) is 9.44. The Morgan fingerprint density at radius 2 is 2.00 bits per heavy atom. The van der Waals surface area contributed by atoms with E-state index in [1.807, 2.05) is 25.1 Å².